The average molecular weight is 212 g/mol. The molecule has 1 aromatic heterocycles. The molecule has 6 heteroatoms. The molecule has 0 radical (unpaired) electrons. The van der Waals surface area contributed by atoms with Crippen LogP contribution in [-0.2, 0) is 4.79 Å². The standard InChI is InChI=1S/C8H12N4OS/c9-6(5-1-2-5)3-7(13)11-8-12-10-4-14-8/h4-6H,1-3,9H2,(H,11,12,13)/t6-/m0/s1. The van der Waals surface area contributed by atoms with E-state index in [4.69, 9.17) is 5.73 Å². The van der Waals surface area contributed by atoms with Gasteiger partial charge in [-0.15, -0.1) is 10.2 Å². The lowest BCUT2D eigenvalue weighted by Gasteiger charge is -2.08. The maximum absolute atomic E-state index is 11.4. The predicted octanol–water partition coefficient (Wildman–Crippen LogP) is 0.604. The lowest BCUT2D eigenvalue weighted by atomic mass is 10.1. The number of nitrogens with one attached hydrogen (secondary N) is 1. The van der Waals surface area contributed by atoms with Gasteiger partial charge in [-0.05, 0) is 18.8 Å². The monoisotopic (exact) mass is 212 g/mol. The van der Waals surface area contributed by atoms with Gasteiger partial charge in [0.2, 0.25) is 11.0 Å². The molecule has 0 saturated heterocycles. The van der Waals surface area contributed by atoms with E-state index < -0.39 is 0 Å². The first-order chi connectivity index (χ1) is 6.75. The minimum absolute atomic E-state index is 0.00271. The molecule has 1 fully saturated rings. The molecule has 5 nitrogen and oxygen atoms in total. The second kappa shape index (κ2) is 4.02. The lowest BCUT2D eigenvalue weighted by Crippen LogP contribution is -2.28. The molecule has 0 spiro atoms. The van der Waals surface area contributed by atoms with Gasteiger partial charge in [-0.1, -0.05) is 11.3 Å². The number of carbonyl (C=O) groups excluding carboxylic acids is 1. The molecule has 1 amide bonds. The molecular formula is C8H12N4OS. The fourth-order valence-corrected chi connectivity index (χ4v) is 1.76. The second-order valence-corrected chi connectivity index (χ2v) is 4.33. The molecule has 1 atom stereocenters. The molecule has 1 aromatic rings. The number of anilines is 1. The zero-order chi connectivity index (χ0) is 9.97. The highest BCUT2D eigenvalue weighted by atomic mass is 32.1. The van der Waals surface area contributed by atoms with E-state index in [9.17, 15) is 4.79 Å². The van der Waals surface area contributed by atoms with E-state index in [1.54, 1.807) is 5.51 Å². The van der Waals surface area contributed by atoms with E-state index >= 15 is 0 Å². The van der Waals surface area contributed by atoms with Crippen molar-refractivity contribution in [2.45, 2.75) is 25.3 Å². The molecule has 0 bridgehead atoms. The maximum Gasteiger partial charge on any atom is 0.227 e. The van der Waals surface area contributed by atoms with Crippen LogP contribution in [0.25, 0.3) is 0 Å². The van der Waals surface area contributed by atoms with E-state index in [-0.39, 0.29) is 11.9 Å². The summed E-state index contributed by atoms with van der Waals surface area (Å²) in [5.74, 6) is 0.483. The van der Waals surface area contributed by atoms with Gasteiger partial charge >= 0.3 is 0 Å². The normalized spacial score (nSPS) is 17.8. The Labute approximate surface area is 85.7 Å². The highest BCUT2D eigenvalue weighted by Crippen LogP contribution is 2.32. The molecule has 0 unspecified atom stereocenters. The summed E-state index contributed by atoms with van der Waals surface area (Å²) in [6.07, 6.45) is 2.70. The Balaban J connectivity index is 1.78. The molecular weight excluding hydrogens is 200 g/mol. The third-order valence-corrected chi connectivity index (χ3v) is 2.86. The van der Waals surface area contributed by atoms with Crippen LogP contribution >= 0.6 is 11.3 Å². The van der Waals surface area contributed by atoms with Crippen molar-refractivity contribution in [2.24, 2.45) is 11.7 Å². The Hall–Kier alpha value is -1.01. The Morgan fingerprint density at radius 2 is 2.57 bits per heavy atom. The molecule has 1 saturated carbocycles. The van der Waals surface area contributed by atoms with Gasteiger partial charge in [-0.3, -0.25) is 4.79 Å². The number of hydrogen-bond donors (Lipinski definition) is 2. The van der Waals surface area contributed by atoms with Crippen molar-refractivity contribution in [1.82, 2.24) is 10.2 Å². The van der Waals surface area contributed by atoms with Gasteiger partial charge in [0.25, 0.3) is 0 Å². The molecule has 1 heterocycles. The molecule has 1 aliphatic carbocycles. The predicted molar refractivity (Wildman–Crippen MR) is 53.9 cm³/mol. The summed E-state index contributed by atoms with van der Waals surface area (Å²) < 4.78 is 0. The number of carbonyl (C=O) groups is 1. The summed E-state index contributed by atoms with van der Waals surface area (Å²) >= 11 is 1.31. The van der Waals surface area contributed by atoms with E-state index in [1.165, 1.54) is 11.3 Å². The third kappa shape index (κ3) is 2.49. The lowest BCUT2D eigenvalue weighted by molar-refractivity contribution is -0.116. The van der Waals surface area contributed by atoms with E-state index in [0.29, 0.717) is 17.5 Å². The quantitative estimate of drug-likeness (QED) is 0.766. The fraction of sp³-hybridized carbons (Fsp3) is 0.625. The molecule has 1 aliphatic rings. The minimum atomic E-state index is -0.0684. The minimum Gasteiger partial charge on any atom is -0.327 e. The molecule has 0 aromatic carbocycles. The van der Waals surface area contributed by atoms with Crippen molar-refractivity contribution in [3.05, 3.63) is 5.51 Å². The van der Waals surface area contributed by atoms with Gasteiger partial charge in [0.15, 0.2) is 0 Å². The van der Waals surface area contributed by atoms with Gasteiger partial charge < -0.3 is 11.1 Å². The average Bonchev–Trinajstić information content (AvgIpc) is 2.87. The first kappa shape index (κ1) is 9.54. The van der Waals surface area contributed by atoms with Crippen LogP contribution in [-0.4, -0.2) is 22.1 Å². The number of aromatic nitrogens is 2. The van der Waals surface area contributed by atoms with Crippen LogP contribution in [0.1, 0.15) is 19.3 Å². The van der Waals surface area contributed by atoms with Gasteiger partial charge in [0, 0.05) is 12.5 Å². The number of nitrogens with zero attached hydrogens (tertiary/aromatic N) is 2. The summed E-state index contributed by atoms with van der Waals surface area (Å²) in [6, 6.07) is 0.00271. The number of rotatable bonds is 4. The van der Waals surface area contributed by atoms with Crippen LogP contribution in [0.15, 0.2) is 5.51 Å². The summed E-state index contributed by atoms with van der Waals surface area (Å²) in [7, 11) is 0. The zero-order valence-electron chi connectivity index (χ0n) is 7.64. The molecule has 3 N–H and O–H groups in total. The number of nitrogens with two attached hydrogens (primary N) is 1. The SMILES string of the molecule is N[C@@H](CC(=O)Nc1nncs1)C1CC1. The summed E-state index contributed by atoms with van der Waals surface area (Å²) in [6.45, 7) is 0. The Morgan fingerprint density at radius 3 is 3.14 bits per heavy atom. The number of hydrogen-bond acceptors (Lipinski definition) is 5. The second-order valence-electron chi connectivity index (χ2n) is 3.50. The molecule has 0 aliphatic heterocycles. The Bertz CT molecular complexity index is 309. The first-order valence-corrected chi connectivity index (χ1v) is 5.45. The van der Waals surface area contributed by atoms with Crippen LogP contribution in [0.3, 0.4) is 0 Å². The van der Waals surface area contributed by atoms with Crippen LogP contribution < -0.4 is 11.1 Å². The van der Waals surface area contributed by atoms with Crippen molar-refractivity contribution in [2.75, 3.05) is 5.32 Å². The highest BCUT2D eigenvalue weighted by molar-refractivity contribution is 7.13. The Kier molecular flexibility index (Phi) is 2.74. The smallest absolute Gasteiger partial charge is 0.227 e. The third-order valence-electron chi connectivity index (χ3n) is 2.25. The van der Waals surface area contributed by atoms with E-state index in [2.05, 4.69) is 15.5 Å². The molecule has 14 heavy (non-hydrogen) atoms. The van der Waals surface area contributed by atoms with Gasteiger partial charge in [-0.25, -0.2) is 0 Å². The van der Waals surface area contributed by atoms with Gasteiger partial charge in [0.05, 0.1) is 0 Å². The zero-order valence-corrected chi connectivity index (χ0v) is 8.46. The van der Waals surface area contributed by atoms with Crippen molar-refractivity contribution >= 4 is 22.4 Å². The van der Waals surface area contributed by atoms with Crippen LogP contribution in [0.2, 0.25) is 0 Å². The molecule has 2 rings (SSSR count). The topological polar surface area (TPSA) is 80.9 Å². The van der Waals surface area contributed by atoms with Crippen molar-refractivity contribution in [3.8, 4) is 0 Å². The van der Waals surface area contributed by atoms with Crippen LogP contribution in [0, 0.1) is 5.92 Å². The van der Waals surface area contributed by atoms with E-state index in [0.717, 1.165) is 12.8 Å². The Morgan fingerprint density at radius 1 is 1.79 bits per heavy atom. The molecule has 76 valence electrons. The first-order valence-electron chi connectivity index (χ1n) is 4.57. The fourth-order valence-electron chi connectivity index (χ4n) is 1.30. The van der Waals surface area contributed by atoms with E-state index in [1.807, 2.05) is 0 Å². The summed E-state index contributed by atoms with van der Waals surface area (Å²) in [5, 5.41) is 10.5. The number of amides is 1. The van der Waals surface area contributed by atoms with Crippen molar-refractivity contribution in [3.63, 3.8) is 0 Å². The van der Waals surface area contributed by atoms with Crippen LogP contribution in [0.4, 0.5) is 5.13 Å². The highest BCUT2D eigenvalue weighted by Gasteiger charge is 2.29. The maximum atomic E-state index is 11.4. The summed E-state index contributed by atoms with van der Waals surface area (Å²) in [5.41, 5.74) is 7.40. The van der Waals surface area contributed by atoms with Gasteiger partial charge in [0.1, 0.15) is 5.51 Å². The van der Waals surface area contributed by atoms with Crippen molar-refractivity contribution in [1.29, 1.82) is 0 Å². The summed E-state index contributed by atoms with van der Waals surface area (Å²) in [4.78, 5) is 11.4. The van der Waals surface area contributed by atoms with Crippen molar-refractivity contribution < 1.29 is 4.79 Å². The van der Waals surface area contributed by atoms with Crippen LogP contribution in [0.5, 0.6) is 0 Å². The van der Waals surface area contributed by atoms with Gasteiger partial charge in [-0.2, -0.15) is 0 Å². The largest absolute Gasteiger partial charge is 0.327 e.